The summed E-state index contributed by atoms with van der Waals surface area (Å²) in [5.74, 6) is 1.45. The molecule has 3 heteroatoms. The largest absolute Gasteiger partial charge is 0.456 e. The van der Waals surface area contributed by atoms with Crippen molar-refractivity contribution in [2.45, 2.75) is 26.8 Å². The first kappa shape index (κ1) is 13.6. The Balaban J connectivity index is 2.23. The van der Waals surface area contributed by atoms with Crippen LogP contribution in [0, 0.1) is 5.92 Å². The minimum absolute atomic E-state index is 0.0923. The molecule has 2 N–H and O–H groups in total. The van der Waals surface area contributed by atoms with Gasteiger partial charge in [0.25, 0.3) is 0 Å². The van der Waals surface area contributed by atoms with Crippen molar-refractivity contribution in [3.63, 3.8) is 0 Å². The van der Waals surface area contributed by atoms with Gasteiger partial charge in [0, 0.05) is 5.56 Å². The molecule has 0 bridgehead atoms. The van der Waals surface area contributed by atoms with Crippen LogP contribution in [0.25, 0.3) is 0 Å². The van der Waals surface area contributed by atoms with Crippen molar-refractivity contribution < 1.29 is 9.21 Å². The predicted molar refractivity (Wildman–Crippen MR) is 75.0 cm³/mol. The van der Waals surface area contributed by atoms with Gasteiger partial charge in [0.1, 0.15) is 5.76 Å². The molecule has 0 aliphatic heterocycles. The average Bonchev–Trinajstić information content (AvgIpc) is 2.86. The van der Waals surface area contributed by atoms with Gasteiger partial charge in [-0.1, -0.05) is 32.0 Å². The summed E-state index contributed by atoms with van der Waals surface area (Å²) in [6, 6.07) is 11.1. The van der Waals surface area contributed by atoms with E-state index in [-0.39, 0.29) is 5.78 Å². The minimum Gasteiger partial charge on any atom is -0.456 e. The van der Waals surface area contributed by atoms with Gasteiger partial charge in [0.15, 0.2) is 5.76 Å². The van der Waals surface area contributed by atoms with Crippen LogP contribution >= 0.6 is 0 Å². The zero-order chi connectivity index (χ0) is 13.8. The van der Waals surface area contributed by atoms with Gasteiger partial charge < -0.3 is 10.2 Å². The van der Waals surface area contributed by atoms with Gasteiger partial charge in [-0.05, 0) is 36.1 Å². The van der Waals surface area contributed by atoms with Crippen LogP contribution < -0.4 is 5.73 Å². The fourth-order valence-corrected chi connectivity index (χ4v) is 2.06. The summed E-state index contributed by atoms with van der Waals surface area (Å²) in [6.07, 6.45) is 0.966. The number of rotatable bonds is 5. The van der Waals surface area contributed by atoms with E-state index in [0.29, 0.717) is 29.5 Å². The summed E-state index contributed by atoms with van der Waals surface area (Å²) in [6.45, 7) is 4.63. The van der Waals surface area contributed by atoms with E-state index in [1.807, 2.05) is 24.3 Å². The van der Waals surface area contributed by atoms with Gasteiger partial charge in [-0.25, -0.2) is 0 Å². The molecule has 100 valence electrons. The topological polar surface area (TPSA) is 56.2 Å². The second kappa shape index (κ2) is 5.85. The predicted octanol–water partition coefficient (Wildman–Crippen LogP) is 3.17. The lowest BCUT2D eigenvalue weighted by Crippen LogP contribution is -2.02. The molecule has 0 saturated heterocycles. The van der Waals surface area contributed by atoms with Crippen molar-refractivity contribution in [2.75, 3.05) is 0 Å². The van der Waals surface area contributed by atoms with Gasteiger partial charge in [0.05, 0.1) is 6.54 Å². The van der Waals surface area contributed by atoms with Crippen LogP contribution in [-0.2, 0) is 13.0 Å². The average molecular weight is 257 g/mol. The van der Waals surface area contributed by atoms with Gasteiger partial charge in [-0.15, -0.1) is 0 Å². The van der Waals surface area contributed by atoms with Crippen LogP contribution in [0.2, 0.25) is 0 Å². The van der Waals surface area contributed by atoms with E-state index >= 15 is 0 Å². The third kappa shape index (κ3) is 3.32. The van der Waals surface area contributed by atoms with Gasteiger partial charge in [-0.2, -0.15) is 0 Å². The smallest absolute Gasteiger partial charge is 0.228 e. The first-order valence-corrected chi connectivity index (χ1v) is 6.52. The van der Waals surface area contributed by atoms with Crippen molar-refractivity contribution in [3.05, 3.63) is 59.0 Å². The Morgan fingerprint density at radius 1 is 1.26 bits per heavy atom. The third-order valence-corrected chi connectivity index (χ3v) is 2.92. The maximum atomic E-state index is 12.3. The summed E-state index contributed by atoms with van der Waals surface area (Å²) in [7, 11) is 0. The Kier molecular flexibility index (Phi) is 4.17. The Bertz CT molecular complexity index is 570. The second-order valence-electron chi connectivity index (χ2n) is 5.10. The Morgan fingerprint density at radius 2 is 2.05 bits per heavy atom. The Labute approximate surface area is 113 Å². The molecular weight excluding hydrogens is 238 g/mol. The number of ketones is 1. The number of furan rings is 1. The number of carbonyl (C=O) groups is 1. The first-order valence-electron chi connectivity index (χ1n) is 6.52. The lowest BCUT2D eigenvalue weighted by molar-refractivity contribution is 0.101. The van der Waals surface area contributed by atoms with Crippen LogP contribution in [0.1, 0.15) is 41.3 Å². The molecule has 1 aromatic heterocycles. The van der Waals surface area contributed by atoms with E-state index < -0.39 is 0 Å². The van der Waals surface area contributed by atoms with Gasteiger partial charge in [-0.3, -0.25) is 4.79 Å². The number of nitrogens with two attached hydrogens (primary N) is 1. The molecule has 0 radical (unpaired) electrons. The molecule has 19 heavy (non-hydrogen) atoms. The molecule has 0 aliphatic rings. The highest BCUT2D eigenvalue weighted by Crippen LogP contribution is 2.16. The van der Waals surface area contributed by atoms with E-state index in [2.05, 4.69) is 13.8 Å². The lowest BCUT2D eigenvalue weighted by Gasteiger charge is -2.06. The highest BCUT2D eigenvalue weighted by Gasteiger charge is 2.14. The zero-order valence-electron chi connectivity index (χ0n) is 11.3. The van der Waals surface area contributed by atoms with E-state index in [0.717, 1.165) is 6.42 Å². The summed E-state index contributed by atoms with van der Waals surface area (Å²) >= 11 is 0. The van der Waals surface area contributed by atoms with Crippen LogP contribution in [0.4, 0.5) is 0 Å². The Hall–Kier alpha value is -1.87. The van der Waals surface area contributed by atoms with Gasteiger partial charge >= 0.3 is 0 Å². The molecule has 2 rings (SSSR count). The van der Waals surface area contributed by atoms with Crippen LogP contribution in [0.5, 0.6) is 0 Å². The van der Waals surface area contributed by atoms with Crippen molar-refractivity contribution in [1.82, 2.24) is 0 Å². The lowest BCUT2D eigenvalue weighted by atomic mass is 9.99. The van der Waals surface area contributed by atoms with E-state index in [9.17, 15) is 4.79 Å². The van der Waals surface area contributed by atoms with E-state index in [1.54, 1.807) is 12.1 Å². The highest BCUT2D eigenvalue weighted by atomic mass is 16.3. The number of hydrogen-bond donors (Lipinski definition) is 1. The van der Waals surface area contributed by atoms with Crippen molar-refractivity contribution in [3.8, 4) is 0 Å². The summed E-state index contributed by atoms with van der Waals surface area (Å²) in [4.78, 5) is 12.3. The van der Waals surface area contributed by atoms with Crippen molar-refractivity contribution in [1.29, 1.82) is 0 Å². The van der Waals surface area contributed by atoms with E-state index in [4.69, 9.17) is 10.2 Å². The van der Waals surface area contributed by atoms with Crippen LogP contribution in [0.3, 0.4) is 0 Å². The standard InChI is InChI=1S/C16H19NO2/c1-11(2)8-12-4-3-5-13(9-12)16(18)15-7-6-14(10-17)19-15/h3-7,9,11H,8,10,17H2,1-2H3. The molecular formula is C16H19NO2. The first-order chi connectivity index (χ1) is 9.10. The fourth-order valence-electron chi connectivity index (χ4n) is 2.06. The quantitative estimate of drug-likeness (QED) is 0.837. The molecule has 2 aromatic rings. The summed E-state index contributed by atoms with van der Waals surface area (Å²) in [5.41, 5.74) is 7.31. The van der Waals surface area contributed by atoms with Crippen molar-refractivity contribution in [2.24, 2.45) is 11.7 Å². The second-order valence-corrected chi connectivity index (χ2v) is 5.10. The monoisotopic (exact) mass is 257 g/mol. The molecule has 1 heterocycles. The fraction of sp³-hybridized carbons (Fsp3) is 0.312. The number of carbonyl (C=O) groups excluding carboxylic acids is 1. The van der Waals surface area contributed by atoms with E-state index in [1.165, 1.54) is 5.56 Å². The SMILES string of the molecule is CC(C)Cc1cccc(C(=O)c2ccc(CN)o2)c1. The molecule has 0 aliphatic carbocycles. The molecule has 0 saturated carbocycles. The minimum atomic E-state index is -0.0923. The van der Waals surface area contributed by atoms with Crippen LogP contribution in [-0.4, -0.2) is 5.78 Å². The Morgan fingerprint density at radius 3 is 2.68 bits per heavy atom. The molecule has 0 spiro atoms. The maximum absolute atomic E-state index is 12.3. The molecule has 0 atom stereocenters. The summed E-state index contributed by atoms with van der Waals surface area (Å²) < 4.78 is 5.40. The number of benzene rings is 1. The molecule has 1 aromatic carbocycles. The normalized spacial score (nSPS) is 10.9. The molecule has 0 unspecified atom stereocenters. The van der Waals surface area contributed by atoms with Gasteiger partial charge in [0.2, 0.25) is 5.78 Å². The van der Waals surface area contributed by atoms with Crippen molar-refractivity contribution >= 4 is 5.78 Å². The maximum Gasteiger partial charge on any atom is 0.228 e. The summed E-state index contributed by atoms with van der Waals surface area (Å²) in [5, 5.41) is 0. The molecule has 3 nitrogen and oxygen atoms in total. The zero-order valence-corrected chi connectivity index (χ0v) is 11.3. The molecule has 0 fully saturated rings. The number of hydrogen-bond acceptors (Lipinski definition) is 3. The molecule has 0 amide bonds. The third-order valence-electron chi connectivity index (χ3n) is 2.92. The highest BCUT2D eigenvalue weighted by molar-refractivity contribution is 6.07. The van der Waals surface area contributed by atoms with Crippen LogP contribution in [0.15, 0.2) is 40.8 Å².